The fourth-order valence-corrected chi connectivity index (χ4v) is 4.81. The van der Waals surface area contributed by atoms with Gasteiger partial charge in [0.25, 0.3) is 0 Å². The van der Waals surface area contributed by atoms with Crippen LogP contribution < -0.4 is 14.8 Å². The fraction of sp³-hybridized carbons (Fsp3) is 0.333. The monoisotopic (exact) mass is 462 g/mol. The van der Waals surface area contributed by atoms with Crippen LogP contribution in [0.4, 0.5) is 0 Å². The molecule has 0 radical (unpaired) electrons. The summed E-state index contributed by atoms with van der Waals surface area (Å²) in [7, 11) is 3.37. The molecule has 4 rings (SSSR count). The third-order valence-corrected chi connectivity index (χ3v) is 5.94. The van der Waals surface area contributed by atoms with Gasteiger partial charge in [0.2, 0.25) is 0 Å². The third-order valence-electron chi connectivity index (χ3n) is 5.14. The minimum atomic E-state index is 0.278. The topological polar surface area (TPSA) is 46.3 Å². The molecule has 5 heteroatoms. The first-order valence-corrected chi connectivity index (χ1v) is 9.93. The molecule has 136 valence electrons. The molecule has 1 aliphatic rings. The van der Waals surface area contributed by atoms with Gasteiger partial charge in [0.1, 0.15) is 0 Å². The lowest BCUT2D eigenvalue weighted by atomic mass is 9.94. The summed E-state index contributed by atoms with van der Waals surface area (Å²) in [6.07, 6.45) is 1.98. The summed E-state index contributed by atoms with van der Waals surface area (Å²) >= 11 is 2.31. The zero-order valence-corrected chi connectivity index (χ0v) is 17.4. The molecule has 0 bridgehead atoms. The number of hydrogen-bond acceptors (Lipinski definition) is 3. The lowest BCUT2D eigenvalue weighted by Crippen LogP contribution is -2.31. The maximum Gasteiger partial charge on any atom is 0.174 e. The quantitative estimate of drug-likeness (QED) is 0.561. The molecule has 0 aliphatic carbocycles. The summed E-state index contributed by atoms with van der Waals surface area (Å²) in [5.41, 5.74) is 6.57. The van der Waals surface area contributed by atoms with Crippen LogP contribution in [-0.4, -0.2) is 25.7 Å². The Morgan fingerprint density at radius 3 is 2.77 bits per heavy atom. The Hall–Kier alpha value is -1.73. The van der Waals surface area contributed by atoms with Gasteiger partial charge in [-0.05, 0) is 84.3 Å². The van der Waals surface area contributed by atoms with E-state index in [4.69, 9.17) is 9.47 Å². The molecule has 0 saturated heterocycles. The first-order valence-electron chi connectivity index (χ1n) is 8.85. The summed E-state index contributed by atoms with van der Waals surface area (Å²) < 4.78 is 12.1. The van der Waals surface area contributed by atoms with E-state index in [9.17, 15) is 0 Å². The van der Waals surface area contributed by atoms with Crippen molar-refractivity contribution in [2.24, 2.45) is 0 Å². The van der Waals surface area contributed by atoms with Crippen LogP contribution in [-0.2, 0) is 12.8 Å². The number of fused-ring (bicyclic) bond motifs is 3. The van der Waals surface area contributed by atoms with Crippen LogP contribution in [0.15, 0.2) is 30.3 Å². The molecule has 1 aliphatic heterocycles. The lowest BCUT2D eigenvalue weighted by molar-refractivity contribution is 0.352. The smallest absolute Gasteiger partial charge is 0.174 e. The molecule has 1 atom stereocenters. The number of rotatable bonds is 4. The number of aryl methyl sites for hydroxylation is 1. The van der Waals surface area contributed by atoms with E-state index in [1.165, 1.54) is 33.3 Å². The number of aromatic amines is 1. The molecular weight excluding hydrogens is 439 g/mol. The summed E-state index contributed by atoms with van der Waals surface area (Å²) in [4.78, 5) is 3.66. The van der Waals surface area contributed by atoms with Crippen molar-refractivity contribution < 1.29 is 9.47 Å². The number of H-pyrrole nitrogens is 1. The summed E-state index contributed by atoms with van der Waals surface area (Å²) in [5.74, 6) is 1.59. The second kappa shape index (κ2) is 7.12. The van der Waals surface area contributed by atoms with E-state index in [0.717, 1.165) is 34.5 Å². The molecular formula is C21H23IN2O2. The Balaban J connectivity index is 1.71. The number of hydrogen-bond donors (Lipinski definition) is 2. The normalized spacial score (nSPS) is 16.5. The Bertz CT molecular complexity index is 964. The predicted octanol–water partition coefficient (Wildman–Crippen LogP) is 4.53. The van der Waals surface area contributed by atoms with Gasteiger partial charge in [0.15, 0.2) is 11.5 Å². The molecule has 4 nitrogen and oxygen atoms in total. The Morgan fingerprint density at radius 1 is 1.15 bits per heavy atom. The molecule has 0 spiro atoms. The van der Waals surface area contributed by atoms with Crippen molar-refractivity contribution in [1.82, 2.24) is 10.3 Å². The van der Waals surface area contributed by atoms with E-state index >= 15 is 0 Å². The van der Waals surface area contributed by atoms with Gasteiger partial charge in [0, 0.05) is 16.6 Å². The molecule has 0 amide bonds. The largest absolute Gasteiger partial charge is 0.493 e. The van der Waals surface area contributed by atoms with Gasteiger partial charge in [-0.1, -0.05) is 11.6 Å². The molecule has 0 saturated carbocycles. The van der Waals surface area contributed by atoms with Crippen molar-refractivity contribution in [2.45, 2.75) is 25.8 Å². The van der Waals surface area contributed by atoms with Crippen molar-refractivity contribution >= 4 is 33.5 Å². The van der Waals surface area contributed by atoms with Crippen LogP contribution in [0, 0.1) is 10.5 Å². The van der Waals surface area contributed by atoms with Crippen molar-refractivity contribution in [2.75, 3.05) is 20.8 Å². The zero-order valence-electron chi connectivity index (χ0n) is 15.3. The number of aromatic nitrogens is 1. The van der Waals surface area contributed by atoms with E-state index in [2.05, 4.69) is 70.1 Å². The van der Waals surface area contributed by atoms with Crippen molar-refractivity contribution in [3.63, 3.8) is 0 Å². The zero-order chi connectivity index (χ0) is 18.3. The summed E-state index contributed by atoms with van der Waals surface area (Å²) in [5, 5.41) is 5.05. The molecule has 3 aromatic rings. The second-order valence-corrected chi connectivity index (χ2v) is 8.00. The van der Waals surface area contributed by atoms with E-state index < -0.39 is 0 Å². The van der Waals surface area contributed by atoms with Crippen LogP contribution in [0.5, 0.6) is 11.5 Å². The number of ether oxygens (including phenoxy) is 2. The highest BCUT2D eigenvalue weighted by molar-refractivity contribution is 14.1. The minimum Gasteiger partial charge on any atom is -0.493 e. The number of methoxy groups -OCH3 is 2. The number of benzene rings is 2. The average molecular weight is 462 g/mol. The van der Waals surface area contributed by atoms with Gasteiger partial charge in [0.05, 0.1) is 23.8 Å². The molecule has 1 aromatic heterocycles. The first kappa shape index (κ1) is 17.7. The van der Waals surface area contributed by atoms with Gasteiger partial charge >= 0.3 is 0 Å². The molecule has 0 fully saturated rings. The fourth-order valence-electron chi connectivity index (χ4n) is 3.92. The van der Waals surface area contributed by atoms with Gasteiger partial charge in [-0.25, -0.2) is 0 Å². The molecule has 2 aromatic carbocycles. The van der Waals surface area contributed by atoms with Crippen LogP contribution in [0.2, 0.25) is 0 Å². The first-order chi connectivity index (χ1) is 12.6. The Labute approximate surface area is 167 Å². The summed E-state index contributed by atoms with van der Waals surface area (Å²) in [6.45, 7) is 3.16. The van der Waals surface area contributed by atoms with Crippen LogP contribution in [0.1, 0.15) is 28.4 Å². The third kappa shape index (κ3) is 3.07. The van der Waals surface area contributed by atoms with Gasteiger partial charge < -0.3 is 19.8 Å². The lowest BCUT2D eigenvalue weighted by Gasteiger charge is -2.25. The van der Waals surface area contributed by atoms with Crippen molar-refractivity contribution in [1.29, 1.82) is 0 Å². The SMILES string of the molecule is COc1cc(CC2NCCc3c2[nH]c2ccc(C)cc32)cc(I)c1OC. The summed E-state index contributed by atoms with van der Waals surface area (Å²) in [6, 6.07) is 11.2. The van der Waals surface area contributed by atoms with E-state index in [1.807, 2.05) is 0 Å². The highest BCUT2D eigenvalue weighted by Gasteiger charge is 2.25. The van der Waals surface area contributed by atoms with Gasteiger partial charge in [-0.2, -0.15) is 0 Å². The predicted molar refractivity (Wildman–Crippen MR) is 113 cm³/mol. The van der Waals surface area contributed by atoms with Gasteiger partial charge in [-0.15, -0.1) is 0 Å². The van der Waals surface area contributed by atoms with E-state index in [0.29, 0.717) is 0 Å². The van der Waals surface area contributed by atoms with E-state index in [-0.39, 0.29) is 6.04 Å². The van der Waals surface area contributed by atoms with E-state index in [1.54, 1.807) is 14.2 Å². The van der Waals surface area contributed by atoms with Crippen LogP contribution in [0.3, 0.4) is 0 Å². The Kier molecular flexibility index (Phi) is 4.84. The minimum absolute atomic E-state index is 0.278. The van der Waals surface area contributed by atoms with Crippen molar-refractivity contribution in [3.05, 3.63) is 56.3 Å². The molecule has 1 unspecified atom stereocenters. The van der Waals surface area contributed by atoms with Crippen LogP contribution in [0.25, 0.3) is 10.9 Å². The number of halogens is 1. The molecule has 26 heavy (non-hydrogen) atoms. The maximum absolute atomic E-state index is 5.52. The highest BCUT2D eigenvalue weighted by Crippen LogP contribution is 2.36. The Morgan fingerprint density at radius 2 is 2.00 bits per heavy atom. The maximum atomic E-state index is 5.52. The second-order valence-electron chi connectivity index (χ2n) is 6.84. The van der Waals surface area contributed by atoms with Crippen molar-refractivity contribution in [3.8, 4) is 11.5 Å². The molecule has 2 heterocycles. The standard InChI is InChI=1S/C21H23IN2O2/c1-12-4-5-17-15(8-12)14-6-7-23-18(20(14)24-17)10-13-9-16(22)21(26-3)19(11-13)25-2/h4-5,8-9,11,18,23-24H,6-7,10H2,1-3H3. The highest BCUT2D eigenvalue weighted by atomic mass is 127. The average Bonchev–Trinajstić information content (AvgIpc) is 3.00. The number of nitrogens with one attached hydrogen (secondary N) is 2. The molecule has 2 N–H and O–H groups in total. The van der Waals surface area contributed by atoms with Crippen LogP contribution >= 0.6 is 22.6 Å². The van der Waals surface area contributed by atoms with Gasteiger partial charge in [-0.3, -0.25) is 0 Å².